The van der Waals surface area contributed by atoms with Crippen molar-refractivity contribution >= 4 is 35.8 Å². The van der Waals surface area contributed by atoms with Crippen LogP contribution in [0.1, 0.15) is 51.9 Å². The van der Waals surface area contributed by atoms with E-state index < -0.39 is 0 Å². The minimum absolute atomic E-state index is 0. The zero-order valence-electron chi connectivity index (χ0n) is 14.2. The molecular formula is C16H32IN5O. The van der Waals surface area contributed by atoms with Gasteiger partial charge in [0.2, 0.25) is 5.91 Å². The fourth-order valence-electron chi connectivity index (χ4n) is 3.50. The van der Waals surface area contributed by atoms with Gasteiger partial charge in [0.15, 0.2) is 5.96 Å². The topological polar surface area (TPSA) is 82.8 Å². The van der Waals surface area contributed by atoms with E-state index in [0.29, 0.717) is 18.0 Å². The van der Waals surface area contributed by atoms with E-state index in [1.165, 1.54) is 38.6 Å². The number of hydrogen-bond acceptors (Lipinski definition) is 3. The van der Waals surface area contributed by atoms with E-state index in [0.717, 1.165) is 25.9 Å². The van der Waals surface area contributed by atoms with Gasteiger partial charge in [0, 0.05) is 18.6 Å². The summed E-state index contributed by atoms with van der Waals surface area (Å²) in [4.78, 5) is 18.5. The molecule has 1 heterocycles. The van der Waals surface area contributed by atoms with Crippen LogP contribution in [0.3, 0.4) is 0 Å². The molecule has 1 atom stereocenters. The number of carbonyl (C=O) groups excluding carboxylic acids is 1. The largest absolute Gasteiger partial charge is 0.370 e. The Morgan fingerprint density at radius 3 is 2.65 bits per heavy atom. The minimum atomic E-state index is -0.0206. The number of likely N-dealkylation sites (tertiary alicyclic amines) is 1. The molecule has 0 aromatic heterocycles. The molecule has 0 aromatic carbocycles. The summed E-state index contributed by atoms with van der Waals surface area (Å²) >= 11 is 0. The van der Waals surface area contributed by atoms with Crippen LogP contribution in [-0.2, 0) is 4.79 Å². The number of nitrogens with one attached hydrogen (secondary N) is 2. The highest BCUT2D eigenvalue weighted by Crippen LogP contribution is 2.17. The maximum atomic E-state index is 11.9. The number of hydrogen-bond donors (Lipinski definition) is 3. The van der Waals surface area contributed by atoms with E-state index in [9.17, 15) is 4.79 Å². The lowest BCUT2D eigenvalue weighted by molar-refractivity contribution is -0.120. The first kappa shape index (κ1) is 20.5. The molecular weight excluding hydrogens is 405 g/mol. The molecule has 2 fully saturated rings. The summed E-state index contributed by atoms with van der Waals surface area (Å²) in [5.74, 6) is 0.356. The molecule has 1 aliphatic heterocycles. The Morgan fingerprint density at radius 1 is 1.22 bits per heavy atom. The summed E-state index contributed by atoms with van der Waals surface area (Å²) in [6, 6.07) is 0.872. The number of nitrogens with two attached hydrogens (primary N) is 1. The first-order valence-corrected chi connectivity index (χ1v) is 8.76. The van der Waals surface area contributed by atoms with Crippen molar-refractivity contribution in [2.24, 2.45) is 10.7 Å². The smallest absolute Gasteiger partial charge is 0.242 e. The van der Waals surface area contributed by atoms with Crippen molar-refractivity contribution in [3.8, 4) is 0 Å². The Labute approximate surface area is 157 Å². The van der Waals surface area contributed by atoms with Gasteiger partial charge in [0.25, 0.3) is 0 Å². The van der Waals surface area contributed by atoms with Crippen molar-refractivity contribution in [1.82, 2.24) is 15.5 Å². The molecule has 0 spiro atoms. The number of amides is 1. The van der Waals surface area contributed by atoms with Gasteiger partial charge in [-0.2, -0.15) is 0 Å². The Kier molecular flexibility index (Phi) is 9.85. The van der Waals surface area contributed by atoms with Gasteiger partial charge >= 0.3 is 0 Å². The van der Waals surface area contributed by atoms with Gasteiger partial charge in [0.1, 0.15) is 6.54 Å². The quantitative estimate of drug-likeness (QED) is 0.334. The Hall–Kier alpha value is -0.570. The lowest BCUT2D eigenvalue weighted by Gasteiger charge is -2.23. The van der Waals surface area contributed by atoms with E-state index in [2.05, 4.69) is 27.4 Å². The number of carbonyl (C=O) groups is 1. The fourth-order valence-corrected chi connectivity index (χ4v) is 3.50. The van der Waals surface area contributed by atoms with Gasteiger partial charge in [-0.1, -0.05) is 26.2 Å². The molecule has 1 unspecified atom stereocenters. The van der Waals surface area contributed by atoms with Crippen LogP contribution in [0, 0.1) is 0 Å². The van der Waals surface area contributed by atoms with Gasteiger partial charge in [-0.3, -0.25) is 9.69 Å². The van der Waals surface area contributed by atoms with Crippen molar-refractivity contribution < 1.29 is 4.79 Å². The average Bonchev–Trinajstić information content (AvgIpc) is 2.99. The summed E-state index contributed by atoms with van der Waals surface area (Å²) < 4.78 is 0. The molecule has 23 heavy (non-hydrogen) atoms. The van der Waals surface area contributed by atoms with E-state index >= 15 is 0 Å². The second-order valence-electron chi connectivity index (χ2n) is 6.41. The number of aliphatic imine (C=N–C) groups is 1. The zero-order valence-corrected chi connectivity index (χ0v) is 16.6. The molecule has 1 amide bonds. The molecule has 2 rings (SSSR count). The van der Waals surface area contributed by atoms with Crippen LogP contribution in [0.25, 0.3) is 0 Å². The summed E-state index contributed by atoms with van der Waals surface area (Å²) in [5.41, 5.74) is 5.86. The molecule has 2 aliphatic rings. The third kappa shape index (κ3) is 7.24. The van der Waals surface area contributed by atoms with Crippen molar-refractivity contribution in [2.45, 2.75) is 64.0 Å². The van der Waals surface area contributed by atoms with E-state index in [-0.39, 0.29) is 36.4 Å². The molecule has 6 nitrogen and oxygen atoms in total. The summed E-state index contributed by atoms with van der Waals surface area (Å²) in [7, 11) is 0. The second kappa shape index (κ2) is 11.1. The molecule has 1 aliphatic carbocycles. The average molecular weight is 437 g/mol. The molecule has 0 bridgehead atoms. The van der Waals surface area contributed by atoms with E-state index in [4.69, 9.17) is 5.73 Å². The van der Waals surface area contributed by atoms with E-state index in [1.807, 2.05) is 0 Å². The summed E-state index contributed by atoms with van der Waals surface area (Å²) in [6.45, 7) is 5.37. The van der Waals surface area contributed by atoms with Crippen LogP contribution in [0.2, 0.25) is 0 Å². The summed E-state index contributed by atoms with van der Waals surface area (Å²) in [6.07, 6.45) is 8.37. The van der Waals surface area contributed by atoms with Gasteiger partial charge in [-0.05, 0) is 38.8 Å². The molecule has 134 valence electrons. The second-order valence-corrected chi connectivity index (χ2v) is 6.41. The summed E-state index contributed by atoms with van der Waals surface area (Å²) in [5, 5.41) is 6.20. The minimum Gasteiger partial charge on any atom is -0.370 e. The van der Waals surface area contributed by atoms with Gasteiger partial charge in [-0.15, -0.1) is 24.0 Å². The molecule has 4 N–H and O–H groups in total. The lowest BCUT2D eigenvalue weighted by atomic mass is 9.95. The van der Waals surface area contributed by atoms with Gasteiger partial charge < -0.3 is 16.4 Å². The zero-order chi connectivity index (χ0) is 15.8. The Bertz CT molecular complexity index is 385. The SMILES string of the molecule is CCN1CCCC1CNC(N)=NCC(=O)NC1CCCCC1.I. The molecule has 0 aromatic rings. The highest BCUT2D eigenvalue weighted by Gasteiger charge is 2.22. The van der Waals surface area contributed by atoms with Crippen LogP contribution in [0.5, 0.6) is 0 Å². The van der Waals surface area contributed by atoms with Crippen LogP contribution < -0.4 is 16.4 Å². The maximum absolute atomic E-state index is 11.9. The normalized spacial score (nSPS) is 23.3. The number of likely N-dealkylation sites (N-methyl/N-ethyl adjacent to an activating group) is 1. The van der Waals surface area contributed by atoms with E-state index in [1.54, 1.807) is 0 Å². The first-order valence-electron chi connectivity index (χ1n) is 8.76. The van der Waals surface area contributed by atoms with Crippen molar-refractivity contribution in [3.05, 3.63) is 0 Å². The van der Waals surface area contributed by atoms with Crippen molar-refractivity contribution in [1.29, 1.82) is 0 Å². The van der Waals surface area contributed by atoms with Crippen molar-refractivity contribution in [3.63, 3.8) is 0 Å². The van der Waals surface area contributed by atoms with Gasteiger partial charge in [-0.25, -0.2) is 4.99 Å². The predicted molar refractivity (Wildman–Crippen MR) is 105 cm³/mol. The third-order valence-corrected chi connectivity index (χ3v) is 4.79. The number of rotatable bonds is 6. The highest BCUT2D eigenvalue weighted by atomic mass is 127. The van der Waals surface area contributed by atoms with Crippen LogP contribution in [0.4, 0.5) is 0 Å². The Balaban J connectivity index is 0.00000264. The van der Waals surface area contributed by atoms with Crippen molar-refractivity contribution in [2.75, 3.05) is 26.2 Å². The predicted octanol–water partition coefficient (Wildman–Crippen LogP) is 1.44. The monoisotopic (exact) mass is 437 g/mol. The first-order chi connectivity index (χ1) is 10.7. The highest BCUT2D eigenvalue weighted by molar-refractivity contribution is 14.0. The standard InChI is InChI=1S/C16H31N5O.HI/c1-2-21-10-6-9-14(21)11-18-16(17)19-12-15(22)20-13-7-4-3-5-8-13;/h13-14H,2-12H2,1H3,(H,20,22)(H3,17,18,19);1H. The van der Waals surface area contributed by atoms with Crippen LogP contribution in [-0.4, -0.2) is 55.0 Å². The van der Waals surface area contributed by atoms with Gasteiger partial charge in [0.05, 0.1) is 0 Å². The van der Waals surface area contributed by atoms with Crippen LogP contribution >= 0.6 is 24.0 Å². The lowest BCUT2D eigenvalue weighted by Crippen LogP contribution is -2.43. The molecule has 1 saturated heterocycles. The number of halogens is 1. The third-order valence-electron chi connectivity index (χ3n) is 4.79. The fraction of sp³-hybridized carbons (Fsp3) is 0.875. The molecule has 1 saturated carbocycles. The molecule has 0 radical (unpaired) electrons. The number of nitrogens with zero attached hydrogens (tertiary/aromatic N) is 2. The molecule has 7 heteroatoms. The Morgan fingerprint density at radius 2 is 1.96 bits per heavy atom. The maximum Gasteiger partial charge on any atom is 0.242 e. The number of guanidine groups is 1. The van der Waals surface area contributed by atoms with Crippen LogP contribution in [0.15, 0.2) is 4.99 Å².